The summed E-state index contributed by atoms with van der Waals surface area (Å²) in [6.45, 7) is 1.61. The minimum atomic E-state index is -3.84. The van der Waals surface area contributed by atoms with Crippen molar-refractivity contribution in [3.05, 3.63) is 53.8 Å². The molecule has 0 aliphatic carbocycles. The molecule has 0 fully saturated rings. The summed E-state index contributed by atoms with van der Waals surface area (Å²) in [6.07, 6.45) is 0. The molecule has 0 saturated carbocycles. The van der Waals surface area contributed by atoms with E-state index in [0.717, 1.165) is 0 Å². The van der Waals surface area contributed by atoms with Gasteiger partial charge in [0.1, 0.15) is 5.75 Å². The van der Waals surface area contributed by atoms with E-state index >= 15 is 0 Å². The summed E-state index contributed by atoms with van der Waals surface area (Å²) in [7, 11) is 1.40. The Balaban J connectivity index is 2.37. The highest BCUT2D eigenvalue weighted by atomic mass is 35.7. The molecule has 0 heterocycles. The first-order valence-electron chi connectivity index (χ1n) is 5.35. The van der Waals surface area contributed by atoms with Crippen LogP contribution >= 0.6 is 10.7 Å². The molecule has 0 aliphatic rings. The van der Waals surface area contributed by atoms with Crippen LogP contribution in [0.5, 0.6) is 11.5 Å². The lowest BCUT2D eigenvalue weighted by Crippen LogP contribution is -1.93. The fraction of sp³-hybridized carbons (Fsp3) is 0.0769. The van der Waals surface area contributed by atoms with Crippen LogP contribution in [0, 0.1) is 12.7 Å². The SMILES string of the molecule is Cc1cccc(Oc2cccc(S(=O)(=O)Cl)c2)c1F. The molecule has 2 aromatic rings. The smallest absolute Gasteiger partial charge is 0.261 e. The van der Waals surface area contributed by atoms with Crippen LogP contribution in [-0.4, -0.2) is 8.42 Å². The Hall–Kier alpha value is -1.59. The van der Waals surface area contributed by atoms with E-state index in [1.54, 1.807) is 19.1 Å². The van der Waals surface area contributed by atoms with Gasteiger partial charge in [0.2, 0.25) is 0 Å². The Kier molecular flexibility index (Phi) is 3.78. The first-order chi connectivity index (χ1) is 8.88. The Morgan fingerprint density at radius 1 is 1.16 bits per heavy atom. The van der Waals surface area contributed by atoms with Crippen LogP contribution in [0.4, 0.5) is 4.39 Å². The first-order valence-corrected chi connectivity index (χ1v) is 7.66. The van der Waals surface area contributed by atoms with Crippen LogP contribution in [0.25, 0.3) is 0 Å². The minimum absolute atomic E-state index is 0.0316. The first kappa shape index (κ1) is 13.8. The third kappa shape index (κ3) is 3.24. The zero-order valence-electron chi connectivity index (χ0n) is 9.93. The summed E-state index contributed by atoms with van der Waals surface area (Å²) in [4.78, 5) is -0.0975. The molecule has 0 amide bonds. The average Bonchev–Trinajstić information content (AvgIpc) is 2.34. The van der Waals surface area contributed by atoms with E-state index in [-0.39, 0.29) is 16.4 Å². The monoisotopic (exact) mass is 300 g/mol. The molecule has 100 valence electrons. The second-order valence-corrected chi connectivity index (χ2v) is 6.47. The summed E-state index contributed by atoms with van der Waals surface area (Å²) in [6, 6.07) is 10.3. The summed E-state index contributed by atoms with van der Waals surface area (Å²) >= 11 is 0. The summed E-state index contributed by atoms with van der Waals surface area (Å²) in [5.74, 6) is -0.253. The molecule has 2 aromatic carbocycles. The zero-order valence-corrected chi connectivity index (χ0v) is 11.5. The van der Waals surface area contributed by atoms with Gasteiger partial charge in [0.25, 0.3) is 9.05 Å². The van der Waals surface area contributed by atoms with E-state index in [1.165, 1.54) is 30.3 Å². The minimum Gasteiger partial charge on any atom is -0.454 e. The average molecular weight is 301 g/mol. The van der Waals surface area contributed by atoms with Crippen molar-refractivity contribution in [2.24, 2.45) is 0 Å². The highest BCUT2D eigenvalue weighted by molar-refractivity contribution is 8.13. The topological polar surface area (TPSA) is 43.4 Å². The molecular formula is C13H10ClFO3S. The van der Waals surface area contributed by atoms with Crippen LogP contribution in [0.2, 0.25) is 0 Å². The van der Waals surface area contributed by atoms with E-state index in [1.807, 2.05) is 0 Å². The molecule has 0 atom stereocenters. The molecule has 3 nitrogen and oxygen atoms in total. The van der Waals surface area contributed by atoms with Crippen LogP contribution in [0.1, 0.15) is 5.56 Å². The lowest BCUT2D eigenvalue weighted by Gasteiger charge is -2.08. The number of halogens is 2. The summed E-state index contributed by atoms with van der Waals surface area (Å²) in [5.41, 5.74) is 0.443. The van der Waals surface area contributed by atoms with Gasteiger partial charge in [-0.15, -0.1) is 0 Å². The maximum atomic E-state index is 13.8. The maximum absolute atomic E-state index is 13.8. The van der Waals surface area contributed by atoms with Crippen LogP contribution < -0.4 is 4.74 Å². The van der Waals surface area contributed by atoms with E-state index in [2.05, 4.69) is 0 Å². The van der Waals surface area contributed by atoms with Gasteiger partial charge in [-0.1, -0.05) is 18.2 Å². The molecule has 0 N–H and O–H groups in total. The lowest BCUT2D eigenvalue weighted by molar-refractivity contribution is 0.439. The van der Waals surface area contributed by atoms with Crippen LogP contribution in [0.3, 0.4) is 0 Å². The van der Waals surface area contributed by atoms with Gasteiger partial charge in [0, 0.05) is 16.7 Å². The van der Waals surface area contributed by atoms with Gasteiger partial charge in [-0.05, 0) is 30.7 Å². The van der Waals surface area contributed by atoms with Crippen molar-refractivity contribution in [2.45, 2.75) is 11.8 Å². The molecule has 19 heavy (non-hydrogen) atoms. The van der Waals surface area contributed by atoms with Crippen molar-refractivity contribution >= 4 is 19.7 Å². The van der Waals surface area contributed by atoms with Crippen molar-refractivity contribution < 1.29 is 17.5 Å². The van der Waals surface area contributed by atoms with Crippen molar-refractivity contribution in [2.75, 3.05) is 0 Å². The third-order valence-electron chi connectivity index (χ3n) is 2.47. The molecule has 6 heteroatoms. The number of rotatable bonds is 3. The number of hydrogen-bond acceptors (Lipinski definition) is 3. The van der Waals surface area contributed by atoms with E-state index in [4.69, 9.17) is 15.4 Å². The third-order valence-corrected chi connectivity index (χ3v) is 3.82. The molecule has 0 spiro atoms. The highest BCUT2D eigenvalue weighted by Gasteiger charge is 2.12. The van der Waals surface area contributed by atoms with E-state index < -0.39 is 14.9 Å². The van der Waals surface area contributed by atoms with Gasteiger partial charge in [-0.25, -0.2) is 12.8 Å². The second-order valence-electron chi connectivity index (χ2n) is 3.90. The van der Waals surface area contributed by atoms with E-state index in [9.17, 15) is 12.8 Å². The Morgan fingerprint density at radius 2 is 1.84 bits per heavy atom. The van der Waals surface area contributed by atoms with Crippen molar-refractivity contribution in [3.8, 4) is 11.5 Å². The molecule has 0 aliphatic heterocycles. The highest BCUT2D eigenvalue weighted by Crippen LogP contribution is 2.28. The Labute approximate surface area is 115 Å². The molecule has 0 radical (unpaired) electrons. The Bertz CT molecular complexity index is 714. The van der Waals surface area contributed by atoms with E-state index in [0.29, 0.717) is 5.56 Å². The number of hydrogen-bond donors (Lipinski definition) is 0. The normalized spacial score (nSPS) is 11.3. The van der Waals surface area contributed by atoms with Gasteiger partial charge in [0.05, 0.1) is 4.90 Å². The molecule has 0 aromatic heterocycles. The maximum Gasteiger partial charge on any atom is 0.261 e. The second kappa shape index (κ2) is 5.19. The van der Waals surface area contributed by atoms with Crippen molar-refractivity contribution in [1.82, 2.24) is 0 Å². The van der Waals surface area contributed by atoms with Gasteiger partial charge in [0.15, 0.2) is 11.6 Å². The van der Waals surface area contributed by atoms with Crippen LogP contribution in [0.15, 0.2) is 47.4 Å². The Morgan fingerprint density at radius 3 is 2.53 bits per heavy atom. The number of benzene rings is 2. The van der Waals surface area contributed by atoms with Crippen molar-refractivity contribution in [3.63, 3.8) is 0 Å². The quantitative estimate of drug-likeness (QED) is 0.809. The number of ether oxygens (including phenoxy) is 1. The standard InChI is InChI=1S/C13H10ClFO3S/c1-9-4-2-7-12(13(9)15)18-10-5-3-6-11(8-10)19(14,16)17/h2-8H,1H3. The van der Waals surface area contributed by atoms with Gasteiger partial charge >= 0.3 is 0 Å². The van der Waals surface area contributed by atoms with Crippen molar-refractivity contribution in [1.29, 1.82) is 0 Å². The molecular weight excluding hydrogens is 291 g/mol. The van der Waals surface area contributed by atoms with Gasteiger partial charge < -0.3 is 4.74 Å². The van der Waals surface area contributed by atoms with Gasteiger partial charge in [-0.2, -0.15) is 0 Å². The van der Waals surface area contributed by atoms with Gasteiger partial charge in [-0.3, -0.25) is 0 Å². The van der Waals surface area contributed by atoms with Crippen LogP contribution in [-0.2, 0) is 9.05 Å². The lowest BCUT2D eigenvalue weighted by atomic mass is 10.2. The molecule has 0 bridgehead atoms. The predicted molar refractivity (Wildman–Crippen MR) is 70.7 cm³/mol. The zero-order chi connectivity index (χ0) is 14.0. The number of aryl methyl sites for hydroxylation is 1. The molecule has 2 rings (SSSR count). The summed E-state index contributed by atoms with van der Waals surface area (Å²) < 4.78 is 41.5. The fourth-order valence-electron chi connectivity index (χ4n) is 1.52. The summed E-state index contributed by atoms with van der Waals surface area (Å²) in [5, 5.41) is 0. The fourth-order valence-corrected chi connectivity index (χ4v) is 2.30. The predicted octanol–water partition coefficient (Wildman–Crippen LogP) is 3.85. The molecule has 0 unspecified atom stereocenters. The molecule has 0 saturated heterocycles. The largest absolute Gasteiger partial charge is 0.454 e.